The lowest BCUT2D eigenvalue weighted by molar-refractivity contribution is -0.148. The highest BCUT2D eigenvalue weighted by atomic mass is 32.1. The van der Waals surface area contributed by atoms with Crippen molar-refractivity contribution < 1.29 is 9.59 Å². The second-order valence-electron chi connectivity index (χ2n) is 8.90. The standard InChI is InChI=1S/C19H25N3O2S/c1-11(23)22-19-8-12-5-13(9-19)7-18(6-12,10-19)16(24)21-17-20-14-3-2-4-15(14)25-17/h12-13H,2-10H2,1H3,(H,22,23)(H,20,21,24). The van der Waals surface area contributed by atoms with Gasteiger partial charge in [0.15, 0.2) is 5.13 Å². The molecule has 0 spiro atoms. The second kappa shape index (κ2) is 5.29. The first-order valence-electron chi connectivity index (χ1n) is 9.54. The van der Waals surface area contributed by atoms with Crippen LogP contribution in [0.2, 0.25) is 0 Å². The predicted octanol–water partition coefficient (Wildman–Crippen LogP) is 3.05. The molecular weight excluding hydrogens is 334 g/mol. The Hall–Kier alpha value is -1.43. The lowest BCUT2D eigenvalue weighted by atomic mass is 9.46. The Balaban J connectivity index is 1.40. The molecular formula is C19H25N3O2S. The van der Waals surface area contributed by atoms with Gasteiger partial charge in [-0.3, -0.25) is 9.59 Å². The highest BCUT2D eigenvalue weighted by Gasteiger charge is 2.61. The topological polar surface area (TPSA) is 71.1 Å². The van der Waals surface area contributed by atoms with Crippen molar-refractivity contribution >= 4 is 28.3 Å². The van der Waals surface area contributed by atoms with Gasteiger partial charge in [-0.25, -0.2) is 4.98 Å². The van der Waals surface area contributed by atoms with E-state index in [9.17, 15) is 9.59 Å². The van der Waals surface area contributed by atoms with Crippen molar-refractivity contribution in [3.05, 3.63) is 10.6 Å². The maximum Gasteiger partial charge on any atom is 0.232 e. The number of hydrogen-bond donors (Lipinski definition) is 2. The number of thiazole rings is 1. The van der Waals surface area contributed by atoms with E-state index in [1.165, 1.54) is 23.4 Å². The molecule has 4 saturated carbocycles. The van der Waals surface area contributed by atoms with Crippen molar-refractivity contribution in [3.63, 3.8) is 0 Å². The van der Waals surface area contributed by atoms with E-state index in [1.54, 1.807) is 18.3 Å². The summed E-state index contributed by atoms with van der Waals surface area (Å²) in [6, 6.07) is 0. The average molecular weight is 359 g/mol. The van der Waals surface area contributed by atoms with Crippen LogP contribution in [0.1, 0.15) is 62.4 Å². The van der Waals surface area contributed by atoms with Crippen LogP contribution in [0.3, 0.4) is 0 Å². The minimum atomic E-state index is -0.317. The largest absolute Gasteiger partial charge is 0.351 e. The predicted molar refractivity (Wildman–Crippen MR) is 96.4 cm³/mol. The van der Waals surface area contributed by atoms with Gasteiger partial charge in [0.25, 0.3) is 0 Å². The molecule has 6 heteroatoms. The molecule has 4 fully saturated rings. The SMILES string of the molecule is CC(=O)NC12CC3CC(C1)CC(C(=O)Nc1nc4c(s1)CCC4)(C3)C2. The fraction of sp³-hybridized carbons (Fsp3) is 0.737. The summed E-state index contributed by atoms with van der Waals surface area (Å²) in [4.78, 5) is 31.0. The van der Waals surface area contributed by atoms with Crippen molar-refractivity contribution in [2.24, 2.45) is 17.3 Å². The molecule has 2 atom stereocenters. The first-order valence-corrected chi connectivity index (χ1v) is 10.4. The third kappa shape index (κ3) is 2.52. The van der Waals surface area contributed by atoms with Gasteiger partial charge in [0.05, 0.1) is 11.1 Å². The Bertz CT molecular complexity index is 720. The first-order chi connectivity index (χ1) is 12.0. The molecule has 25 heavy (non-hydrogen) atoms. The van der Waals surface area contributed by atoms with Crippen molar-refractivity contribution in [2.75, 3.05) is 5.32 Å². The van der Waals surface area contributed by atoms with E-state index in [4.69, 9.17) is 0 Å². The van der Waals surface area contributed by atoms with E-state index >= 15 is 0 Å². The monoisotopic (exact) mass is 359 g/mol. The molecule has 0 saturated heterocycles. The number of aryl methyl sites for hydroxylation is 2. The normalized spacial score (nSPS) is 37.8. The van der Waals surface area contributed by atoms with Gasteiger partial charge in [-0.05, 0) is 69.6 Å². The van der Waals surface area contributed by atoms with E-state index in [2.05, 4.69) is 15.6 Å². The smallest absolute Gasteiger partial charge is 0.232 e. The fourth-order valence-corrected chi connectivity index (χ4v) is 7.57. The number of carbonyl (C=O) groups is 2. The summed E-state index contributed by atoms with van der Waals surface area (Å²) < 4.78 is 0. The minimum absolute atomic E-state index is 0.0360. The molecule has 134 valence electrons. The summed E-state index contributed by atoms with van der Waals surface area (Å²) in [5.74, 6) is 1.32. The number of fused-ring (bicyclic) bond motifs is 1. The highest BCUT2D eigenvalue weighted by molar-refractivity contribution is 7.15. The van der Waals surface area contributed by atoms with Crippen LogP contribution in [0.4, 0.5) is 5.13 Å². The molecule has 6 rings (SSSR count). The Kier molecular flexibility index (Phi) is 3.34. The summed E-state index contributed by atoms with van der Waals surface area (Å²) in [5, 5.41) is 7.16. The van der Waals surface area contributed by atoms with Gasteiger partial charge >= 0.3 is 0 Å². The molecule has 5 aliphatic rings. The van der Waals surface area contributed by atoms with E-state index in [-0.39, 0.29) is 22.8 Å². The van der Waals surface area contributed by atoms with Crippen molar-refractivity contribution in [1.29, 1.82) is 0 Å². The van der Waals surface area contributed by atoms with E-state index in [1.807, 2.05) is 0 Å². The van der Waals surface area contributed by atoms with Crippen molar-refractivity contribution in [2.45, 2.75) is 70.3 Å². The van der Waals surface area contributed by atoms with Gasteiger partial charge < -0.3 is 10.6 Å². The van der Waals surface area contributed by atoms with E-state index < -0.39 is 0 Å². The van der Waals surface area contributed by atoms with Crippen LogP contribution in [-0.2, 0) is 22.4 Å². The maximum atomic E-state index is 13.3. The number of aromatic nitrogens is 1. The molecule has 5 nitrogen and oxygen atoms in total. The molecule has 1 aromatic heterocycles. The summed E-state index contributed by atoms with van der Waals surface area (Å²) in [5.41, 5.74) is 0.709. The minimum Gasteiger partial charge on any atom is -0.351 e. The van der Waals surface area contributed by atoms with E-state index in [0.29, 0.717) is 11.8 Å². The lowest BCUT2D eigenvalue weighted by Crippen LogP contribution is -2.65. The molecule has 2 amide bonds. The van der Waals surface area contributed by atoms with Crippen LogP contribution < -0.4 is 10.6 Å². The molecule has 0 aliphatic heterocycles. The van der Waals surface area contributed by atoms with Crippen LogP contribution in [0.25, 0.3) is 0 Å². The Morgan fingerprint density at radius 1 is 1.16 bits per heavy atom. The summed E-state index contributed by atoms with van der Waals surface area (Å²) in [6.07, 6.45) is 9.39. The summed E-state index contributed by atoms with van der Waals surface area (Å²) in [7, 11) is 0. The molecule has 2 N–H and O–H groups in total. The zero-order valence-corrected chi connectivity index (χ0v) is 15.5. The number of rotatable bonds is 3. The maximum absolute atomic E-state index is 13.3. The van der Waals surface area contributed by atoms with Gasteiger partial charge in [0, 0.05) is 17.3 Å². The number of amides is 2. The van der Waals surface area contributed by atoms with Gasteiger partial charge in [-0.1, -0.05) is 0 Å². The lowest BCUT2D eigenvalue weighted by Gasteiger charge is -2.61. The molecule has 4 bridgehead atoms. The summed E-state index contributed by atoms with van der Waals surface area (Å²) in [6.45, 7) is 1.60. The molecule has 2 unspecified atom stereocenters. The van der Waals surface area contributed by atoms with Crippen LogP contribution in [-0.4, -0.2) is 22.3 Å². The van der Waals surface area contributed by atoms with Gasteiger partial charge in [0.1, 0.15) is 0 Å². The van der Waals surface area contributed by atoms with E-state index in [0.717, 1.165) is 50.1 Å². The Labute approximate surface area is 152 Å². The molecule has 1 aromatic rings. The first kappa shape index (κ1) is 15.8. The van der Waals surface area contributed by atoms with Crippen LogP contribution in [0, 0.1) is 17.3 Å². The quantitative estimate of drug-likeness (QED) is 0.871. The van der Waals surface area contributed by atoms with Crippen LogP contribution in [0.5, 0.6) is 0 Å². The Morgan fingerprint density at radius 3 is 2.60 bits per heavy atom. The number of nitrogens with zero attached hydrogens (tertiary/aromatic N) is 1. The third-order valence-electron chi connectivity index (χ3n) is 6.80. The molecule has 0 radical (unpaired) electrons. The number of anilines is 1. The van der Waals surface area contributed by atoms with Crippen molar-refractivity contribution in [3.8, 4) is 0 Å². The second-order valence-corrected chi connectivity index (χ2v) is 9.98. The zero-order valence-electron chi connectivity index (χ0n) is 14.7. The van der Waals surface area contributed by atoms with Gasteiger partial charge in [0.2, 0.25) is 11.8 Å². The molecule has 5 aliphatic carbocycles. The summed E-state index contributed by atoms with van der Waals surface area (Å²) >= 11 is 1.65. The van der Waals surface area contributed by atoms with Crippen LogP contribution in [0.15, 0.2) is 0 Å². The van der Waals surface area contributed by atoms with Gasteiger partial charge in [-0.2, -0.15) is 0 Å². The third-order valence-corrected chi connectivity index (χ3v) is 7.87. The number of nitrogens with one attached hydrogen (secondary N) is 2. The van der Waals surface area contributed by atoms with Gasteiger partial charge in [-0.15, -0.1) is 11.3 Å². The van der Waals surface area contributed by atoms with Crippen molar-refractivity contribution in [1.82, 2.24) is 10.3 Å². The zero-order chi connectivity index (χ0) is 17.2. The molecule has 0 aromatic carbocycles. The Morgan fingerprint density at radius 2 is 1.92 bits per heavy atom. The molecule has 1 heterocycles. The highest BCUT2D eigenvalue weighted by Crippen LogP contribution is 2.62. The fourth-order valence-electron chi connectivity index (χ4n) is 6.52. The number of carbonyl (C=O) groups excluding carboxylic acids is 2. The average Bonchev–Trinajstić information content (AvgIpc) is 3.05. The number of hydrogen-bond acceptors (Lipinski definition) is 4. The van der Waals surface area contributed by atoms with Crippen LogP contribution >= 0.6 is 11.3 Å².